The Morgan fingerprint density at radius 2 is 1.71 bits per heavy atom. The SMILES string of the molecule is Cn1c(=O)n(Cc2ccncc2)c(=O)c2cc(C(=O)NCc3ccc(O)cc3)ccc21. The van der Waals surface area contributed by atoms with E-state index in [-0.39, 0.29) is 30.1 Å². The van der Waals surface area contributed by atoms with Crippen molar-refractivity contribution in [3.63, 3.8) is 0 Å². The summed E-state index contributed by atoms with van der Waals surface area (Å²) in [4.78, 5) is 42.4. The molecule has 4 aromatic rings. The zero-order valence-corrected chi connectivity index (χ0v) is 16.8. The quantitative estimate of drug-likeness (QED) is 0.516. The van der Waals surface area contributed by atoms with E-state index in [1.807, 2.05) is 0 Å². The summed E-state index contributed by atoms with van der Waals surface area (Å²) in [5.74, 6) is -0.192. The Morgan fingerprint density at radius 1 is 1.00 bits per heavy atom. The number of aromatic nitrogens is 3. The molecule has 0 unspecified atom stereocenters. The number of benzene rings is 2. The second-order valence-electron chi connectivity index (χ2n) is 7.17. The van der Waals surface area contributed by atoms with Crippen LogP contribution in [0.15, 0.2) is 76.6 Å². The molecule has 0 aliphatic carbocycles. The molecule has 0 saturated carbocycles. The molecule has 2 aromatic heterocycles. The molecule has 0 fully saturated rings. The van der Waals surface area contributed by atoms with E-state index in [0.717, 1.165) is 15.7 Å². The predicted molar refractivity (Wildman–Crippen MR) is 116 cm³/mol. The van der Waals surface area contributed by atoms with Crippen molar-refractivity contribution < 1.29 is 9.90 Å². The molecule has 0 spiro atoms. The lowest BCUT2D eigenvalue weighted by Gasteiger charge is -2.12. The van der Waals surface area contributed by atoms with Crippen LogP contribution in [0.4, 0.5) is 0 Å². The fourth-order valence-electron chi connectivity index (χ4n) is 3.37. The number of pyridine rings is 1. The Bertz CT molecular complexity index is 1370. The van der Waals surface area contributed by atoms with Gasteiger partial charge in [0.1, 0.15) is 5.75 Å². The number of hydrogen-bond donors (Lipinski definition) is 2. The van der Waals surface area contributed by atoms with Crippen molar-refractivity contribution in [3.05, 3.63) is 105 Å². The molecule has 0 saturated heterocycles. The molecule has 8 nitrogen and oxygen atoms in total. The summed E-state index contributed by atoms with van der Waals surface area (Å²) < 4.78 is 2.55. The molecule has 8 heteroatoms. The van der Waals surface area contributed by atoms with Gasteiger partial charge in [-0.05, 0) is 53.6 Å². The molecule has 4 rings (SSSR count). The van der Waals surface area contributed by atoms with Crippen LogP contribution in [0.3, 0.4) is 0 Å². The number of fused-ring (bicyclic) bond motifs is 1. The second-order valence-corrected chi connectivity index (χ2v) is 7.17. The molecule has 31 heavy (non-hydrogen) atoms. The first-order chi connectivity index (χ1) is 14.9. The van der Waals surface area contributed by atoms with Crippen LogP contribution in [0.5, 0.6) is 5.75 Å². The van der Waals surface area contributed by atoms with Crippen LogP contribution in [0.2, 0.25) is 0 Å². The van der Waals surface area contributed by atoms with Gasteiger partial charge in [0.15, 0.2) is 0 Å². The van der Waals surface area contributed by atoms with E-state index in [1.165, 1.54) is 10.6 Å². The standard InChI is InChI=1S/C23H20N4O4/c1-26-20-7-4-17(21(29)25-13-15-2-5-18(28)6-3-15)12-19(20)22(30)27(23(26)31)14-16-8-10-24-11-9-16/h2-12,28H,13-14H2,1H3,(H,25,29). The van der Waals surface area contributed by atoms with Crippen molar-refractivity contribution in [3.8, 4) is 5.75 Å². The number of amides is 1. The number of aryl methyl sites for hydroxylation is 1. The van der Waals surface area contributed by atoms with Crippen LogP contribution in [-0.2, 0) is 20.1 Å². The molecule has 0 atom stereocenters. The zero-order valence-electron chi connectivity index (χ0n) is 16.8. The number of hydrogen-bond acceptors (Lipinski definition) is 5. The first kappa shape index (κ1) is 20.1. The molecule has 0 aliphatic rings. The summed E-state index contributed by atoms with van der Waals surface area (Å²) in [6, 6.07) is 14.7. The van der Waals surface area contributed by atoms with Gasteiger partial charge in [-0.15, -0.1) is 0 Å². The molecule has 0 aliphatic heterocycles. The van der Waals surface area contributed by atoms with Gasteiger partial charge >= 0.3 is 5.69 Å². The lowest BCUT2D eigenvalue weighted by atomic mass is 10.1. The van der Waals surface area contributed by atoms with Crippen molar-refractivity contribution >= 4 is 16.8 Å². The monoisotopic (exact) mass is 416 g/mol. The lowest BCUT2D eigenvalue weighted by molar-refractivity contribution is 0.0951. The lowest BCUT2D eigenvalue weighted by Crippen LogP contribution is -2.39. The Kier molecular flexibility index (Phi) is 5.36. The van der Waals surface area contributed by atoms with Gasteiger partial charge in [-0.1, -0.05) is 12.1 Å². The smallest absolute Gasteiger partial charge is 0.331 e. The van der Waals surface area contributed by atoms with Crippen LogP contribution < -0.4 is 16.6 Å². The number of carbonyl (C=O) groups is 1. The van der Waals surface area contributed by atoms with Gasteiger partial charge in [-0.25, -0.2) is 4.79 Å². The Morgan fingerprint density at radius 3 is 2.42 bits per heavy atom. The first-order valence-corrected chi connectivity index (χ1v) is 9.62. The fourth-order valence-corrected chi connectivity index (χ4v) is 3.37. The summed E-state index contributed by atoms with van der Waals surface area (Å²) in [6.07, 6.45) is 3.20. The van der Waals surface area contributed by atoms with Crippen LogP contribution in [0.1, 0.15) is 21.5 Å². The minimum atomic E-state index is -0.455. The largest absolute Gasteiger partial charge is 0.508 e. The van der Waals surface area contributed by atoms with E-state index >= 15 is 0 Å². The van der Waals surface area contributed by atoms with Crippen molar-refractivity contribution in [2.75, 3.05) is 0 Å². The number of phenols is 1. The minimum Gasteiger partial charge on any atom is -0.508 e. The highest BCUT2D eigenvalue weighted by Gasteiger charge is 2.14. The van der Waals surface area contributed by atoms with Gasteiger partial charge in [0.25, 0.3) is 11.5 Å². The van der Waals surface area contributed by atoms with Gasteiger partial charge < -0.3 is 10.4 Å². The van der Waals surface area contributed by atoms with Crippen molar-refractivity contribution in [2.45, 2.75) is 13.1 Å². The summed E-state index contributed by atoms with van der Waals surface area (Å²) in [5, 5.41) is 12.4. The number of nitrogens with one attached hydrogen (secondary N) is 1. The van der Waals surface area contributed by atoms with E-state index in [1.54, 1.807) is 68.0 Å². The first-order valence-electron chi connectivity index (χ1n) is 9.62. The summed E-state index contributed by atoms with van der Waals surface area (Å²) in [5.41, 5.74) is 1.49. The van der Waals surface area contributed by atoms with E-state index in [9.17, 15) is 19.5 Å². The third kappa shape index (κ3) is 4.09. The average Bonchev–Trinajstić information content (AvgIpc) is 2.80. The van der Waals surface area contributed by atoms with E-state index in [2.05, 4.69) is 10.3 Å². The highest BCUT2D eigenvalue weighted by molar-refractivity contribution is 5.97. The number of nitrogens with zero attached hydrogens (tertiary/aromatic N) is 3. The minimum absolute atomic E-state index is 0.112. The van der Waals surface area contributed by atoms with E-state index < -0.39 is 11.2 Å². The molecular formula is C23H20N4O4. The molecule has 0 bridgehead atoms. The highest BCUT2D eigenvalue weighted by atomic mass is 16.3. The van der Waals surface area contributed by atoms with Gasteiger partial charge in [-0.3, -0.25) is 23.7 Å². The van der Waals surface area contributed by atoms with Crippen molar-refractivity contribution in [1.82, 2.24) is 19.4 Å². The van der Waals surface area contributed by atoms with E-state index in [0.29, 0.717) is 11.1 Å². The molecule has 2 heterocycles. The molecule has 2 N–H and O–H groups in total. The maximum absolute atomic E-state index is 13.1. The summed E-state index contributed by atoms with van der Waals surface area (Å²) in [7, 11) is 1.59. The van der Waals surface area contributed by atoms with Gasteiger partial charge in [0, 0.05) is 31.5 Å². The number of rotatable bonds is 5. The topological polar surface area (TPSA) is 106 Å². The number of aromatic hydroxyl groups is 1. The average molecular weight is 416 g/mol. The van der Waals surface area contributed by atoms with Crippen LogP contribution in [0, 0.1) is 0 Å². The number of phenolic OH excluding ortho intramolecular Hbond substituents is 1. The van der Waals surface area contributed by atoms with Crippen LogP contribution in [-0.4, -0.2) is 25.1 Å². The van der Waals surface area contributed by atoms with Gasteiger partial charge in [0.05, 0.1) is 17.4 Å². The Labute approximate surface area is 177 Å². The van der Waals surface area contributed by atoms with Crippen LogP contribution in [0.25, 0.3) is 10.9 Å². The third-order valence-corrected chi connectivity index (χ3v) is 5.09. The zero-order chi connectivity index (χ0) is 22.0. The van der Waals surface area contributed by atoms with E-state index in [4.69, 9.17) is 0 Å². The maximum atomic E-state index is 13.1. The highest BCUT2D eigenvalue weighted by Crippen LogP contribution is 2.13. The molecule has 156 valence electrons. The Balaban J connectivity index is 1.67. The molecule has 1 amide bonds. The number of carbonyl (C=O) groups excluding carboxylic acids is 1. The van der Waals surface area contributed by atoms with Gasteiger partial charge in [-0.2, -0.15) is 0 Å². The normalized spacial score (nSPS) is 10.9. The third-order valence-electron chi connectivity index (χ3n) is 5.09. The maximum Gasteiger partial charge on any atom is 0.331 e. The van der Waals surface area contributed by atoms with Crippen molar-refractivity contribution in [1.29, 1.82) is 0 Å². The van der Waals surface area contributed by atoms with Gasteiger partial charge in [0.2, 0.25) is 0 Å². The molecular weight excluding hydrogens is 396 g/mol. The molecule has 2 aromatic carbocycles. The summed E-state index contributed by atoms with van der Waals surface area (Å²) >= 11 is 0. The fraction of sp³-hybridized carbons (Fsp3) is 0.130. The summed E-state index contributed by atoms with van der Waals surface area (Å²) in [6.45, 7) is 0.387. The Hall–Kier alpha value is -4.20. The van der Waals surface area contributed by atoms with Crippen LogP contribution >= 0.6 is 0 Å². The second kappa shape index (κ2) is 8.27. The van der Waals surface area contributed by atoms with Crippen molar-refractivity contribution in [2.24, 2.45) is 7.05 Å². The molecule has 0 radical (unpaired) electrons. The predicted octanol–water partition coefficient (Wildman–Crippen LogP) is 1.78.